The van der Waals surface area contributed by atoms with Gasteiger partial charge in [0.05, 0.1) is 0 Å². The van der Waals surface area contributed by atoms with E-state index in [4.69, 9.17) is 5.73 Å². The number of aromatic amines is 1. The summed E-state index contributed by atoms with van der Waals surface area (Å²) in [6, 6.07) is 0. The van der Waals surface area contributed by atoms with Crippen molar-refractivity contribution in [3.05, 3.63) is 17.7 Å². The van der Waals surface area contributed by atoms with Crippen molar-refractivity contribution in [2.45, 2.75) is 25.3 Å². The summed E-state index contributed by atoms with van der Waals surface area (Å²) in [5, 5.41) is 0. The number of H-pyrrole nitrogens is 1. The molecule has 0 bridgehead atoms. The maximum Gasteiger partial charge on any atom is 0.109 e. The van der Waals surface area contributed by atoms with Gasteiger partial charge in [0.2, 0.25) is 0 Å². The minimum Gasteiger partial charge on any atom is -0.345 e. The first kappa shape index (κ1) is 5.92. The van der Waals surface area contributed by atoms with Crippen molar-refractivity contribution in [3.8, 4) is 0 Å². The van der Waals surface area contributed by atoms with Gasteiger partial charge in [-0.15, -0.1) is 0 Å². The molecule has 0 radical (unpaired) electrons. The fourth-order valence-electron chi connectivity index (χ4n) is 1.04. The Labute approximate surface area is 59.7 Å². The number of nitrogens with two attached hydrogens (primary N) is 1. The molecule has 3 heteroatoms. The van der Waals surface area contributed by atoms with Crippen LogP contribution < -0.4 is 5.73 Å². The zero-order valence-corrected chi connectivity index (χ0v) is 5.80. The summed E-state index contributed by atoms with van der Waals surface area (Å²) < 4.78 is 0. The number of hydrogen-bond acceptors (Lipinski definition) is 2. The molecule has 1 heterocycles. The van der Waals surface area contributed by atoms with Crippen molar-refractivity contribution in [3.63, 3.8) is 0 Å². The molecule has 1 aliphatic rings. The van der Waals surface area contributed by atoms with Crippen LogP contribution in [0.25, 0.3) is 0 Å². The molecule has 1 aliphatic carbocycles. The van der Waals surface area contributed by atoms with Crippen LogP contribution in [-0.2, 0) is 6.54 Å². The third-order valence-electron chi connectivity index (χ3n) is 1.83. The second-order valence-electron chi connectivity index (χ2n) is 2.77. The highest BCUT2D eigenvalue weighted by atomic mass is 14.9. The largest absolute Gasteiger partial charge is 0.345 e. The number of nitrogens with zero attached hydrogens (tertiary/aromatic N) is 1. The Bertz CT molecular complexity index is 225. The molecule has 0 spiro atoms. The molecular weight excluding hydrogens is 126 g/mol. The molecule has 0 unspecified atom stereocenters. The standard InChI is InChI=1S/C7H11N3/c8-3-6-4-9-7(10-6)5-1-2-5/h4-5H,1-3,8H2,(H,9,10). The Balaban J connectivity index is 2.19. The first-order chi connectivity index (χ1) is 4.90. The molecule has 1 fully saturated rings. The summed E-state index contributed by atoms with van der Waals surface area (Å²) in [5.74, 6) is 1.83. The SMILES string of the molecule is NCc1cnc(C2CC2)[nH]1. The van der Waals surface area contributed by atoms with Crippen LogP contribution in [0.5, 0.6) is 0 Å². The number of imidazole rings is 1. The molecule has 0 atom stereocenters. The molecule has 1 aromatic rings. The Morgan fingerprint density at radius 3 is 3.00 bits per heavy atom. The van der Waals surface area contributed by atoms with E-state index >= 15 is 0 Å². The van der Waals surface area contributed by atoms with Crippen LogP contribution in [0.3, 0.4) is 0 Å². The summed E-state index contributed by atoms with van der Waals surface area (Å²) in [6.07, 6.45) is 4.41. The average molecular weight is 137 g/mol. The average Bonchev–Trinajstić information content (AvgIpc) is 2.70. The predicted molar refractivity (Wildman–Crippen MR) is 38.5 cm³/mol. The van der Waals surface area contributed by atoms with Gasteiger partial charge >= 0.3 is 0 Å². The summed E-state index contributed by atoms with van der Waals surface area (Å²) >= 11 is 0. The highest BCUT2D eigenvalue weighted by Gasteiger charge is 2.25. The van der Waals surface area contributed by atoms with E-state index in [1.165, 1.54) is 12.8 Å². The maximum absolute atomic E-state index is 5.41. The summed E-state index contributed by atoms with van der Waals surface area (Å²) in [6.45, 7) is 0.569. The van der Waals surface area contributed by atoms with E-state index in [2.05, 4.69) is 9.97 Å². The molecule has 10 heavy (non-hydrogen) atoms. The Kier molecular flexibility index (Phi) is 1.24. The van der Waals surface area contributed by atoms with Gasteiger partial charge in [0, 0.05) is 24.4 Å². The lowest BCUT2D eigenvalue weighted by Crippen LogP contribution is -1.95. The van der Waals surface area contributed by atoms with E-state index in [9.17, 15) is 0 Å². The second-order valence-corrected chi connectivity index (χ2v) is 2.77. The fourth-order valence-corrected chi connectivity index (χ4v) is 1.04. The lowest BCUT2D eigenvalue weighted by Gasteiger charge is -1.87. The molecule has 2 rings (SSSR count). The van der Waals surface area contributed by atoms with Gasteiger partial charge < -0.3 is 10.7 Å². The highest BCUT2D eigenvalue weighted by molar-refractivity contribution is 5.09. The number of nitrogens with one attached hydrogen (secondary N) is 1. The zero-order valence-electron chi connectivity index (χ0n) is 5.80. The number of aromatic nitrogens is 2. The van der Waals surface area contributed by atoms with Crippen LogP contribution >= 0.6 is 0 Å². The Morgan fingerprint density at radius 1 is 1.70 bits per heavy atom. The molecule has 1 saturated carbocycles. The van der Waals surface area contributed by atoms with E-state index < -0.39 is 0 Å². The van der Waals surface area contributed by atoms with E-state index in [1.54, 1.807) is 0 Å². The van der Waals surface area contributed by atoms with Crippen LogP contribution in [0.1, 0.15) is 30.3 Å². The van der Waals surface area contributed by atoms with E-state index in [0.717, 1.165) is 11.5 Å². The molecule has 1 aromatic heterocycles. The molecule has 54 valence electrons. The van der Waals surface area contributed by atoms with Crippen molar-refractivity contribution < 1.29 is 0 Å². The predicted octanol–water partition coefficient (Wildman–Crippen LogP) is 0.746. The molecule has 3 nitrogen and oxygen atoms in total. The number of hydrogen-bond donors (Lipinski definition) is 2. The smallest absolute Gasteiger partial charge is 0.109 e. The van der Waals surface area contributed by atoms with Gasteiger partial charge in [0.25, 0.3) is 0 Å². The first-order valence-corrected chi connectivity index (χ1v) is 3.64. The quantitative estimate of drug-likeness (QED) is 0.631. The number of rotatable bonds is 2. The normalized spacial score (nSPS) is 17.7. The van der Waals surface area contributed by atoms with Crippen molar-refractivity contribution >= 4 is 0 Å². The van der Waals surface area contributed by atoms with Crippen LogP contribution in [0.15, 0.2) is 6.20 Å². The summed E-state index contributed by atoms with van der Waals surface area (Å²) in [5.41, 5.74) is 6.46. The van der Waals surface area contributed by atoms with Gasteiger partial charge in [-0.3, -0.25) is 0 Å². The lowest BCUT2D eigenvalue weighted by atomic mass is 10.4. The molecule has 0 aromatic carbocycles. The second kappa shape index (κ2) is 2.09. The van der Waals surface area contributed by atoms with Crippen molar-refractivity contribution in [1.82, 2.24) is 9.97 Å². The van der Waals surface area contributed by atoms with Gasteiger partial charge in [0.1, 0.15) is 5.82 Å². The topological polar surface area (TPSA) is 54.7 Å². The third-order valence-corrected chi connectivity index (χ3v) is 1.83. The third kappa shape index (κ3) is 0.926. The van der Waals surface area contributed by atoms with Crippen LogP contribution in [0.2, 0.25) is 0 Å². The van der Waals surface area contributed by atoms with Crippen LogP contribution in [0.4, 0.5) is 0 Å². The lowest BCUT2D eigenvalue weighted by molar-refractivity contribution is 0.940. The van der Waals surface area contributed by atoms with Gasteiger partial charge in [-0.05, 0) is 12.8 Å². The van der Waals surface area contributed by atoms with E-state index in [-0.39, 0.29) is 0 Å². The van der Waals surface area contributed by atoms with Crippen molar-refractivity contribution in [2.75, 3.05) is 0 Å². The first-order valence-electron chi connectivity index (χ1n) is 3.64. The summed E-state index contributed by atoms with van der Waals surface area (Å²) in [7, 11) is 0. The summed E-state index contributed by atoms with van der Waals surface area (Å²) in [4.78, 5) is 7.40. The van der Waals surface area contributed by atoms with Crippen LogP contribution in [0, 0.1) is 0 Å². The maximum atomic E-state index is 5.41. The molecule has 0 saturated heterocycles. The van der Waals surface area contributed by atoms with E-state index in [1.807, 2.05) is 6.20 Å². The molecule has 0 aliphatic heterocycles. The fraction of sp³-hybridized carbons (Fsp3) is 0.571. The molecule has 0 amide bonds. The van der Waals surface area contributed by atoms with Gasteiger partial charge in [-0.25, -0.2) is 4.98 Å². The Morgan fingerprint density at radius 2 is 2.50 bits per heavy atom. The minimum atomic E-state index is 0.569. The monoisotopic (exact) mass is 137 g/mol. The van der Waals surface area contributed by atoms with Gasteiger partial charge in [-0.1, -0.05) is 0 Å². The molecular formula is C7H11N3. The van der Waals surface area contributed by atoms with Crippen molar-refractivity contribution in [2.24, 2.45) is 5.73 Å². The Hall–Kier alpha value is -0.830. The highest BCUT2D eigenvalue weighted by Crippen LogP contribution is 2.37. The zero-order chi connectivity index (χ0) is 6.97. The van der Waals surface area contributed by atoms with Gasteiger partial charge in [0.15, 0.2) is 0 Å². The van der Waals surface area contributed by atoms with E-state index in [0.29, 0.717) is 12.5 Å². The molecule has 3 N–H and O–H groups in total. The van der Waals surface area contributed by atoms with Gasteiger partial charge in [-0.2, -0.15) is 0 Å². The van der Waals surface area contributed by atoms with Crippen LogP contribution in [-0.4, -0.2) is 9.97 Å². The minimum absolute atomic E-state index is 0.569. The van der Waals surface area contributed by atoms with Crippen molar-refractivity contribution in [1.29, 1.82) is 0 Å².